The third-order valence-electron chi connectivity index (χ3n) is 2.08. The van der Waals surface area contributed by atoms with Gasteiger partial charge >= 0.3 is 11.9 Å². The molecule has 0 aromatic carbocycles. The highest BCUT2D eigenvalue weighted by atomic mass is 16.5. The Morgan fingerprint density at radius 2 is 2.13 bits per heavy atom. The van der Waals surface area contributed by atoms with E-state index in [0.29, 0.717) is 12.8 Å². The minimum absolute atomic E-state index is 0.120. The number of allylic oxidation sites excluding steroid dienone is 1. The smallest absolute Gasteiger partial charge is 0.331 e. The van der Waals surface area contributed by atoms with Gasteiger partial charge in [0.05, 0.1) is 13.0 Å². The highest BCUT2D eigenvalue weighted by Crippen LogP contribution is 2.18. The van der Waals surface area contributed by atoms with Crippen LogP contribution in [-0.4, -0.2) is 24.2 Å². The highest BCUT2D eigenvalue weighted by molar-refractivity contribution is 5.93. The summed E-state index contributed by atoms with van der Waals surface area (Å²) < 4.78 is 4.53. The SMILES string of the molecule is C=CCCCC(C(=C)C(=O)O)C(=O)OC. The summed E-state index contributed by atoms with van der Waals surface area (Å²) in [6.45, 7) is 6.92. The number of hydrogen-bond donors (Lipinski definition) is 1. The molecule has 0 aliphatic rings. The van der Waals surface area contributed by atoms with E-state index in [1.165, 1.54) is 7.11 Å². The van der Waals surface area contributed by atoms with Gasteiger partial charge in [0.2, 0.25) is 0 Å². The van der Waals surface area contributed by atoms with Crippen molar-refractivity contribution in [3.8, 4) is 0 Å². The van der Waals surface area contributed by atoms with Crippen LogP contribution < -0.4 is 0 Å². The second-order valence-corrected chi connectivity index (χ2v) is 3.13. The molecule has 1 atom stereocenters. The Morgan fingerprint density at radius 1 is 1.53 bits per heavy atom. The van der Waals surface area contributed by atoms with E-state index in [2.05, 4.69) is 17.9 Å². The summed E-state index contributed by atoms with van der Waals surface area (Å²) in [5, 5.41) is 8.73. The van der Waals surface area contributed by atoms with Gasteiger partial charge in [-0.25, -0.2) is 4.79 Å². The van der Waals surface area contributed by atoms with Crippen LogP contribution in [0.4, 0.5) is 0 Å². The maximum atomic E-state index is 11.3. The molecule has 0 bridgehead atoms. The van der Waals surface area contributed by atoms with Crippen LogP contribution in [0, 0.1) is 5.92 Å². The molecule has 0 spiro atoms. The van der Waals surface area contributed by atoms with Crippen molar-refractivity contribution in [2.75, 3.05) is 7.11 Å². The minimum atomic E-state index is -1.16. The van der Waals surface area contributed by atoms with Gasteiger partial charge < -0.3 is 9.84 Å². The lowest BCUT2D eigenvalue weighted by Crippen LogP contribution is -2.22. The first-order valence-corrected chi connectivity index (χ1v) is 4.65. The fraction of sp³-hybridized carbons (Fsp3) is 0.455. The zero-order valence-electron chi connectivity index (χ0n) is 8.86. The highest BCUT2D eigenvalue weighted by Gasteiger charge is 2.25. The van der Waals surface area contributed by atoms with E-state index in [0.717, 1.165) is 6.42 Å². The largest absolute Gasteiger partial charge is 0.478 e. The molecule has 0 saturated heterocycles. The molecule has 4 heteroatoms. The van der Waals surface area contributed by atoms with Gasteiger partial charge in [-0.05, 0) is 19.3 Å². The van der Waals surface area contributed by atoms with Gasteiger partial charge in [0, 0.05) is 5.57 Å². The first-order valence-electron chi connectivity index (χ1n) is 4.65. The molecule has 0 saturated carbocycles. The number of ether oxygens (including phenoxy) is 1. The second-order valence-electron chi connectivity index (χ2n) is 3.13. The Morgan fingerprint density at radius 3 is 2.53 bits per heavy atom. The van der Waals surface area contributed by atoms with Crippen molar-refractivity contribution in [1.82, 2.24) is 0 Å². The number of carbonyl (C=O) groups excluding carboxylic acids is 1. The lowest BCUT2D eigenvalue weighted by atomic mass is 9.94. The number of methoxy groups -OCH3 is 1. The van der Waals surface area contributed by atoms with E-state index in [9.17, 15) is 9.59 Å². The molecule has 0 radical (unpaired) electrons. The van der Waals surface area contributed by atoms with Crippen molar-refractivity contribution in [3.63, 3.8) is 0 Å². The Balaban J connectivity index is 4.44. The molecule has 15 heavy (non-hydrogen) atoms. The molecule has 0 fully saturated rings. The molecule has 4 nitrogen and oxygen atoms in total. The number of hydrogen-bond acceptors (Lipinski definition) is 3. The summed E-state index contributed by atoms with van der Waals surface area (Å²) in [5.74, 6) is -2.47. The number of aliphatic carboxylic acids is 1. The summed E-state index contributed by atoms with van der Waals surface area (Å²) in [4.78, 5) is 21.9. The Hall–Kier alpha value is -1.58. The zero-order chi connectivity index (χ0) is 11.8. The van der Waals surface area contributed by atoms with Crippen molar-refractivity contribution in [3.05, 3.63) is 24.8 Å². The molecule has 0 amide bonds. The molecular formula is C11H16O4. The Labute approximate surface area is 89.2 Å². The summed E-state index contributed by atoms with van der Waals surface area (Å²) in [5.41, 5.74) is -0.120. The molecule has 0 heterocycles. The molecule has 0 aromatic rings. The van der Waals surface area contributed by atoms with Gasteiger partial charge in [0.1, 0.15) is 0 Å². The van der Waals surface area contributed by atoms with E-state index < -0.39 is 17.9 Å². The van der Waals surface area contributed by atoms with Gasteiger partial charge in [0.25, 0.3) is 0 Å². The number of carbonyl (C=O) groups is 2. The lowest BCUT2D eigenvalue weighted by molar-refractivity contribution is -0.146. The van der Waals surface area contributed by atoms with E-state index in [-0.39, 0.29) is 5.57 Å². The second kappa shape index (κ2) is 6.81. The van der Waals surface area contributed by atoms with Gasteiger partial charge in [0.15, 0.2) is 0 Å². The number of carboxylic acids is 1. The molecule has 0 aliphatic carbocycles. The van der Waals surface area contributed by atoms with Crippen molar-refractivity contribution >= 4 is 11.9 Å². The monoisotopic (exact) mass is 212 g/mol. The number of unbranched alkanes of at least 4 members (excludes halogenated alkanes) is 1. The zero-order valence-corrected chi connectivity index (χ0v) is 8.86. The summed E-state index contributed by atoms with van der Waals surface area (Å²) in [6, 6.07) is 0. The van der Waals surface area contributed by atoms with Crippen molar-refractivity contribution in [2.45, 2.75) is 19.3 Å². The first kappa shape index (κ1) is 13.4. The normalized spacial score (nSPS) is 11.5. The van der Waals surface area contributed by atoms with Gasteiger partial charge in [-0.2, -0.15) is 0 Å². The predicted octanol–water partition coefficient (Wildman–Crippen LogP) is 1.77. The molecule has 1 unspecified atom stereocenters. The average Bonchev–Trinajstić information content (AvgIpc) is 2.22. The van der Waals surface area contributed by atoms with E-state index >= 15 is 0 Å². The van der Waals surface area contributed by atoms with Crippen molar-refractivity contribution in [2.24, 2.45) is 5.92 Å². The van der Waals surface area contributed by atoms with Crippen molar-refractivity contribution in [1.29, 1.82) is 0 Å². The third kappa shape index (κ3) is 4.44. The maximum Gasteiger partial charge on any atom is 0.331 e. The van der Waals surface area contributed by atoms with Crippen LogP contribution in [0.1, 0.15) is 19.3 Å². The predicted molar refractivity (Wildman–Crippen MR) is 56.3 cm³/mol. The van der Waals surface area contributed by atoms with Crippen molar-refractivity contribution < 1.29 is 19.4 Å². The fourth-order valence-electron chi connectivity index (χ4n) is 1.19. The first-order chi connectivity index (χ1) is 7.04. The van der Waals surface area contributed by atoms with Crippen LogP contribution in [0.25, 0.3) is 0 Å². The topological polar surface area (TPSA) is 63.6 Å². The summed E-state index contributed by atoms with van der Waals surface area (Å²) in [6.07, 6.45) is 3.57. The molecule has 0 rings (SSSR count). The van der Waals surface area contributed by atoms with Crippen LogP contribution in [0.3, 0.4) is 0 Å². The molecule has 84 valence electrons. The number of rotatable bonds is 7. The lowest BCUT2D eigenvalue weighted by Gasteiger charge is -2.13. The number of esters is 1. The van der Waals surface area contributed by atoms with Gasteiger partial charge in [-0.3, -0.25) is 4.79 Å². The van der Waals surface area contributed by atoms with Crippen LogP contribution in [0.5, 0.6) is 0 Å². The summed E-state index contributed by atoms with van der Waals surface area (Å²) in [7, 11) is 1.23. The minimum Gasteiger partial charge on any atom is -0.478 e. The third-order valence-corrected chi connectivity index (χ3v) is 2.08. The Kier molecular flexibility index (Phi) is 6.09. The summed E-state index contributed by atoms with van der Waals surface area (Å²) >= 11 is 0. The van der Waals surface area contributed by atoms with E-state index in [1.807, 2.05) is 0 Å². The standard InChI is InChI=1S/C11H16O4/c1-4-5-6-7-9(11(14)15-3)8(2)10(12)13/h4,9H,1-2,5-7H2,3H3,(H,12,13). The van der Waals surface area contributed by atoms with E-state index in [4.69, 9.17) is 5.11 Å². The van der Waals surface area contributed by atoms with Crippen LogP contribution in [-0.2, 0) is 14.3 Å². The van der Waals surface area contributed by atoms with Crippen LogP contribution in [0.2, 0.25) is 0 Å². The maximum absolute atomic E-state index is 11.3. The average molecular weight is 212 g/mol. The molecule has 0 aromatic heterocycles. The number of carboxylic acid groups (broad SMARTS) is 1. The van der Waals surface area contributed by atoms with Crippen LogP contribution in [0.15, 0.2) is 24.8 Å². The van der Waals surface area contributed by atoms with Crippen LogP contribution >= 0.6 is 0 Å². The van der Waals surface area contributed by atoms with Gasteiger partial charge in [-0.15, -0.1) is 6.58 Å². The fourth-order valence-corrected chi connectivity index (χ4v) is 1.19. The van der Waals surface area contributed by atoms with E-state index in [1.54, 1.807) is 6.08 Å². The Bertz CT molecular complexity index is 268. The molecule has 0 aliphatic heterocycles. The molecule has 1 N–H and O–H groups in total. The van der Waals surface area contributed by atoms with Gasteiger partial charge in [-0.1, -0.05) is 12.7 Å². The molecular weight excluding hydrogens is 196 g/mol. The quantitative estimate of drug-likeness (QED) is 0.302.